The molecular formula is C16H16N2O4. The van der Waals surface area contributed by atoms with E-state index in [1.54, 1.807) is 12.1 Å². The predicted molar refractivity (Wildman–Crippen MR) is 81.7 cm³/mol. The molecule has 0 aliphatic rings. The Kier molecular flexibility index (Phi) is 4.85. The van der Waals surface area contributed by atoms with Crippen molar-refractivity contribution >= 4 is 11.7 Å². The summed E-state index contributed by atoms with van der Waals surface area (Å²) < 4.78 is 0. The Morgan fingerprint density at radius 2 is 1.77 bits per heavy atom. The third-order valence-corrected chi connectivity index (χ3v) is 3.33. The van der Waals surface area contributed by atoms with Gasteiger partial charge in [-0.15, -0.1) is 0 Å². The van der Waals surface area contributed by atoms with E-state index in [0.29, 0.717) is 6.42 Å². The fraction of sp³-hybridized carbons (Fsp3) is 0.188. The Hall–Kier alpha value is -2.73. The van der Waals surface area contributed by atoms with Gasteiger partial charge in [0, 0.05) is 12.1 Å². The third kappa shape index (κ3) is 4.13. The fourth-order valence-electron chi connectivity index (χ4n) is 2.15. The molecule has 0 aliphatic carbocycles. The molecule has 0 aliphatic heterocycles. The Morgan fingerprint density at radius 3 is 2.36 bits per heavy atom. The Morgan fingerprint density at radius 1 is 1.14 bits per heavy atom. The van der Waals surface area contributed by atoms with Crippen LogP contribution < -0.4 is 5.73 Å². The molecule has 6 heteroatoms. The predicted octanol–water partition coefficient (Wildman–Crippen LogP) is 2.14. The third-order valence-electron chi connectivity index (χ3n) is 3.33. The van der Waals surface area contributed by atoms with Crippen LogP contribution >= 0.6 is 0 Å². The second-order valence-corrected chi connectivity index (χ2v) is 5.07. The molecule has 0 fully saturated rings. The normalized spacial score (nSPS) is 11.9. The summed E-state index contributed by atoms with van der Waals surface area (Å²) in [6.07, 6.45) is 0.847. The summed E-state index contributed by atoms with van der Waals surface area (Å²) >= 11 is 0. The molecule has 2 aromatic rings. The molecule has 0 bridgehead atoms. The highest BCUT2D eigenvalue weighted by Gasteiger charge is 2.12. The van der Waals surface area contributed by atoms with E-state index in [4.69, 9.17) is 10.8 Å². The molecule has 0 amide bonds. The van der Waals surface area contributed by atoms with Gasteiger partial charge in [0.15, 0.2) is 0 Å². The largest absolute Gasteiger partial charge is 0.480 e. The zero-order valence-corrected chi connectivity index (χ0v) is 11.8. The molecule has 0 unspecified atom stereocenters. The van der Waals surface area contributed by atoms with Gasteiger partial charge >= 0.3 is 5.97 Å². The van der Waals surface area contributed by atoms with Crippen molar-refractivity contribution in [2.75, 3.05) is 0 Å². The van der Waals surface area contributed by atoms with Gasteiger partial charge in [-0.2, -0.15) is 0 Å². The molecule has 0 spiro atoms. The first-order valence-electron chi connectivity index (χ1n) is 6.75. The number of nitrogens with two attached hydrogens (primary N) is 1. The Bertz CT molecular complexity index is 683. The maximum atomic E-state index is 10.8. The first-order valence-corrected chi connectivity index (χ1v) is 6.75. The van der Waals surface area contributed by atoms with E-state index in [-0.39, 0.29) is 12.1 Å². The van der Waals surface area contributed by atoms with E-state index in [1.807, 2.05) is 30.3 Å². The van der Waals surface area contributed by atoms with Crippen LogP contribution in [0.5, 0.6) is 0 Å². The van der Waals surface area contributed by atoms with Gasteiger partial charge in [0.25, 0.3) is 5.69 Å². The summed E-state index contributed by atoms with van der Waals surface area (Å²) in [6.45, 7) is 0. The summed E-state index contributed by atoms with van der Waals surface area (Å²) in [4.78, 5) is 21.1. The number of hydrogen-bond acceptors (Lipinski definition) is 4. The van der Waals surface area contributed by atoms with Crippen molar-refractivity contribution in [2.24, 2.45) is 5.73 Å². The molecule has 0 aromatic heterocycles. The smallest absolute Gasteiger partial charge is 0.320 e. The molecule has 0 saturated heterocycles. The van der Waals surface area contributed by atoms with Crippen LogP contribution in [0.25, 0.3) is 0 Å². The molecule has 0 saturated carbocycles. The number of carbonyl (C=O) groups is 1. The maximum Gasteiger partial charge on any atom is 0.320 e. The van der Waals surface area contributed by atoms with Crippen LogP contribution in [0.15, 0.2) is 48.5 Å². The minimum absolute atomic E-state index is 0.0709. The molecule has 0 radical (unpaired) electrons. The molecule has 6 nitrogen and oxygen atoms in total. The van der Waals surface area contributed by atoms with E-state index in [1.165, 1.54) is 6.07 Å². The van der Waals surface area contributed by atoms with Crippen molar-refractivity contribution in [3.05, 3.63) is 75.3 Å². The van der Waals surface area contributed by atoms with Crippen molar-refractivity contribution in [1.82, 2.24) is 0 Å². The number of nitro benzene ring substituents is 1. The summed E-state index contributed by atoms with van der Waals surface area (Å²) in [5.41, 5.74) is 8.25. The van der Waals surface area contributed by atoms with E-state index in [9.17, 15) is 14.9 Å². The molecule has 114 valence electrons. The number of nitrogens with zero attached hydrogens (tertiary/aromatic N) is 1. The number of carboxylic acids is 1. The van der Waals surface area contributed by atoms with Gasteiger partial charge in [-0.1, -0.05) is 36.4 Å². The van der Waals surface area contributed by atoms with Gasteiger partial charge < -0.3 is 10.8 Å². The average Bonchev–Trinajstić information content (AvgIpc) is 2.49. The molecule has 22 heavy (non-hydrogen) atoms. The quantitative estimate of drug-likeness (QED) is 0.628. The number of hydrogen-bond donors (Lipinski definition) is 2. The van der Waals surface area contributed by atoms with Gasteiger partial charge in [-0.25, -0.2) is 0 Å². The number of aliphatic carboxylic acids is 1. The number of carboxylic acid groups (broad SMARTS) is 1. The van der Waals surface area contributed by atoms with Crippen molar-refractivity contribution in [3.8, 4) is 0 Å². The van der Waals surface area contributed by atoms with Crippen molar-refractivity contribution in [1.29, 1.82) is 0 Å². The van der Waals surface area contributed by atoms with E-state index < -0.39 is 16.9 Å². The van der Waals surface area contributed by atoms with Crippen molar-refractivity contribution < 1.29 is 14.8 Å². The van der Waals surface area contributed by atoms with Gasteiger partial charge in [-0.05, 0) is 29.5 Å². The molecular weight excluding hydrogens is 284 g/mol. The standard InChI is InChI=1S/C16H16N2O4/c17-15(16(19)20)10-12-6-4-11(5-7-12)8-13-2-1-3-14(9-13)18(21)22/h1-7,9,15H,8,10,17H2,(H,19,20)/t15-/m0/s1. The van der Waals surface area contributed by atoms with Crippen LogP contribution in [0.2, 0.25) is 0 Å². The van der Waals surface area contributed by atoms with Crippen LogP contribution in [0.4, 0.5) is 5.69 Å². The molecule has 2 rings (SSSR count). The molecule has 3 N–H and O–H groups in total. The topological polar surface area (TPSA) is 106 Å². The summed E-state index contributed by atoms with van der Waals surface area (Å²) in [5, 5.41) is 19.5. The van der Waals surface area contributed by atoms with Crippen LogP contribution in [0, 0.1) is 10.1 Å². The fourth-order valence-corrected chi connectivity index (χ4v) is 2.15. The van der Waals surface area contributed by atoms with Gasteiger partial charge in [-0.3, -0.25) is 14.9 Å². The van der Waals surface area contributed by atoms with E-state index in [2.05, 4.69) is 0 Å². The summed E-state index contributed by atoms with van der Waals surface area (Å²) in [7, 11) is 0. The maximum absolute atomic E-state index is 10.8. The van der Waals surface area contributed by atoms with Crippen LogP contribution in [0.3, 0.4) is 0 Å². The number of non-ortho nitro benzene ring substituents is 1. The first kappa shape index (κ1) is 15.7. The van der Waals surface area contributed by atoms with Crippen LogP contribution in [-0.4, -0.2) is 22.0 Å². The highest BCUT2D eigenvalue weighted by molar-refractivity contribution is 5.73. The van der Waals surface area contributed by atoms with Crippen molar-refractivity contribution in [3.63, 3.8) is 0 Å². The lowest BCUT2D eigenvalue weighted by Crippen LogP contribution is -2.32. The highest BCUT2D eigenvalue weighted by atomic mass is 16.6. The lowest BCUT2D eigenvalue weighted by Gasteiger charge is -2.07. The number of rotatable bonds is 6. The Labute approximate surface area is 127 Å². The monoisotopic (exact) mass is 300 g/mol. The second-order valence-electron chi connectivity index (χ2n) is 5.07. The lowest BCUT2D eigenvalue weighted by atomic mass is 10.0. The summed E-state index contributed by atoms with van der Waals surface area (Å²) in [6, 6.07) is 13.0. The molecule has 2 aromatic carbocycles. The van der Waals surface area contributed by atoms with Gasteiger partial charge in [0.1, 0.15) is 6.04 Å². The van der Waals surface area contributed by atoms with E-state index in [0.717, 1.165) is 16.7 Å². The minimum Gasteiger partial charge on any atom is -0.480 e. The Balaban J connectivity index is 2.06. The van der Waals surface area contributed by atoms with Crippen LogP contribution in [-0.2, 0) is 17.6 Å². The minimum atomic E-state index is -1.03. The van der Waals surface area contributed by atoms with Gasteiger partial charge in [0.2, 0.25) is 0 Å². The second kappa shape index (κ2) is 6.82. The number of benzene rings is 2. The lowest BCUT2D eigenvalue weighted by molar-refractivity contribution is -0.384. The highest BCUT2D eigenvalue weighted by Crippen LogP contribution is 2.17. The zero-order valence-electron chi connectivity index (χ0n) is 11.8. The summed E-state index contributed by atoms with van der Waals surface area (Å²) in [5.74, 6) is -1.03. The van der Waals surface area contributed by atoms with Crippen LogP contribution in [0.1, 0.15) is 16.7 Å². The van der Waals surface area contributed by atoms with Gasteiger partial charge in [0.05, 0.1) is 4.92 Å². The zero-order chi connectivity index (χ0) is 16.1. The van der Waals surface area contributed by atoms with Crippen molar-refractivity contribution in [2.45, 2.75) is 18.9 Å². The first-order chi connectivity index (χ1) is 10.5. The average molecular weight is 300 g/mol. The SMILES string of the molecule is N[C@@H](Cc1ccc(Cc2cccc([N+](=O)[O-])c2)cc1)C(=O)O. The molecule has 0 heterocycles. The van der Waals surface area contributed by atoms with E-state index >= 15 is 0 Å². The molecule has 1 atom stereocenters. The number of nitro groups is 1.